The maximum atomic E-state index is 12.4. The van der Waals surface area contributed by atoms with Crippen molar-refractivity contribution >= 4 is 17.8 Å². The third-order valence-electron chi connectivity index (χ3n) is 4.23. The van der Waals surface area contributed by atoms with Crippen LogP contribution in [0.1, 0.15) is 39.5 Å². The summed E-state index contributed by atoms with van der Waals surface area (Å²) < 4.78 is 10.1. The van der Waals surface area contributed by atoms with E-state index < -0.39 is 5.54 Å². The molecule has 112 valence electrons. The van der Waals surface area contributed by atoms with Gasteiger partial charge in [0.2, 0.25) is 5.91 Å². The van der Waals surface area contributed by atoms with Gasteiger partial charge in [0.1, 0.15) is 5.54 Å². The van der Waals surface area contributed by atoms with Crippen LogP contribution in [0.15, 0.2) is 0 Å². The third-order valence-corrected chi connectivity index (χ3v) is 4.23. The van der Waals surface area contributed by atoms with Crippen LogP contribution < -0.4 is 0 Å². The van der Waals surface area contributed by atoms with Crippen molar-refractivity contribution in [2.75, 3.05) is 19.8 Å². The summed E-state index contributed by atoms with van der Waals surface area (Å²) in [5.74, 6) is -0.920. The smallest absolute Gasteiger partial charge is 0.332 e. The zero-order valence-electron chi connectivity index (χ0n) is 12.0. The number of carbonyl (C=O) groups excluding carboxylic acids is 3. The highest BCUT2D eigenvalue weighted by Gasteiger charge is 2.60. The number of hydrogen-bond acceptors (Lipinski definition) is 5. The van der Waals surface area contributed by atoms with Gasteiger partial charge in [0, 0.05) is 18.9 Å². The maximum Gasteiger partial charge on any atom is 0.332 e. The molecule has 0 saturated carbocycles. The van der Waals surface area contributed by atoms with Gasteiger partial charge in [-0.15, -0.1) is 0 Å². The number of hydrogen-bond donors (Lipinski definition) is 0. The van der Waals surface area contributed by atoms with Crippen molar-refractivity contribution < 1.29 is 23.9 Å². The summed E-state index contributed by atoms with van der Waals surface area (Å²) in [6.45, 7) is 4.60. The molecular weight excluding hydrogens is 262 g/mol. The summed E-state index contributed by atoms with van der Waals surface area (Å²) in [6, 6.07) is 0. The number of fused-ring (bicyclic) bond motifs is 1. The van der Waals surface area contributed by atoms with Crippen molar-refractivity contribution in [1.82, 2.24) is 4.90 Å². The molecule has 2 heterocycles. The largest absolute Gasteiger partial charge is 0.466 e. The van der Waals surface area contributed by atoms with Crippen molar-refractivity contribution in [3.05, 3.63) is 0 Å². The number of carbonyl (C=O) groups is 3. The van der Waals surface area contributed by atoms with Gasteiger partial charge in [-0.25, -0.2) is 4.79 Å². The van der Waals surface area contributed by atoms with Gasteiger partial charge in [-0.1, -0.05) is 0 Å². The molecule has 0 aromatic carbocycles. The van der Waals surface area contributed by atoms with Crippen LogP contribution in [0.2, 0.25) is 0 Å². The molecule has 2 aliphatic heterocycles. The van der Waals surface area contributed by atoms with Crippen LogP contribution in [-0.2, 0) is 23.9 Å². The summed E-state index contributed by atoms with van der Waals surface area (Å²) in [7, 11) is 0. The molecule has 0 aromatic rings. The second-order valence-corrected chi connectivity index (χ2v) is 5.18. The predicted octanol–water partition coefficient (Wildman–Crippen LogP) is 0.884. The van der Waals surface area contributed by atoms with E-state index in [1.54, 1.807) is 18.7 Å². The molecule has 0 bridgehead atoms. The first-order valence-electron chi connectivity index (χ1n) is 7.19. The molecule has 0 aliphatic carbocycles. The highest BCUT2D eigenvalue weighted by atomic mass is 16.5. The van der Waals surface area contributed by atoms with E-state index >= 15 is 0 Å². The van der Waals surface area contributed by atoms with Gasteiger partial charge in [0.05, 0.1) is 19.6 Å². The normalized spacial score (nSPS) is 28.4. The molecule has 0 aromatic heterocycles. The molecule has 0 N–H and O–H groups in total. The minimum atomic E-state index is -0.945. The minimum absolute atomic E-state index is 0.0237. The number of amides is 1. The van der Waals surface area contributed by atoms with Crippen LogP contribution in [0, 0.1) is 5.92 Å². The maximum absolute atomic E-state index is 12.4. The Hall–Kier alpha value is -1.59. The second kappa shape index (κ2) is 5.81. The monoisotopic (exact) mass is 283 g/mol. The van der Waals surface area contributed by atoms with Crippen molar-refractivity contribution in [2.24, 2.45) is 5.92 Å². The quantitative estimate of drug-likeness (QED) is 0.700. The molecule has 2 saturated heterocycles. The molecular formula is C14H21NO5. The summed E-state index contributed by atoms with van der Waals surface area (Å²) in [5.41, 5.74) is -0.945. The fourth-order valence-corrected chi connectivity index (χ4v) is 3.39. The van der Waals surface area contributed by atoms with Gasteiger partial charge in [-0.3, -0.25) is 9.59 Å². The first-order chi connectivity index (χ1) is 9.56. The van der Waals surface area contributed by atoms with Gasteiger partial charge in [-0.2, -0.15) is 0 Å². The Labute approximate surface area is 118 Å². The molecule has 0 radical (unpaired) electrons. The van der Waals surface area contributed by atoms with Crippen LogP contribution in [0.25, 0.3) is 0 Å². The van der Waals surface area contributed by atoms with Gasteiger partial charge >= 0.3 is 11.9 Å². The summed E-state index contributed by atoms with van der Waals surface area (Å²) in [6.07, 6.45) is 1.59. The second-order valence-electron chi connectivity index (χ2n) is 5.18. The van der Waals surface area contributed by atoms with E-state index in [9.17, 15) is 14.4 Å². The predicted molar refractivity (Wildman–Crippen MR) is 69.7 cm³/mol. The molecule has 2 aliphatic rings. The van der Waals surface area contributed by atoms with Gasteiger partial charge in [0.25, 0.3) is 0 Å². The van der Waals surface area contributed by atoms with Gasteiger partial charge in [0.15, 0.2) is 0 Å². The van der Waals surface area contributed by atoms with Gasteiger partial charge < -0.3 is 14.4 Å². The molecule has 2 atom stereocenters. The molecule has 0 unspecified atom stereocenters. The lowest BCUT2D eigenvalue weighted by molar-refractivity contribution is -0.161. The molecule has 20 heavy (non-hydrogen) atoms. The van der Waals surface area contributed by atoms with E-state index in [1.807, 2.05) is 0 Å². The Bertz CT molecular complexity index is 422. The van der Waals surface area contributed by atoms with Crippen LogP contribution >= 0.6 is 0 Å². The van der Waals surface area contributed by atoms with Crippen molar-refractivity contribution in [2.45, 2.75) is 45.1 Å². The standard InChI is InChI=1S/C14H21NO5/c1-3-19-12(17)9-10-6-8-15-11(16)5-7-14(10,15)13(18)20-4-2/h10H,3-9H2,1-2H3/t10-,14+/m1/s1. The zero-order chi connectivity index (χ0) is 14.8. The van der Waals surface area contributed by atoms with Crippen LogP contribution in [-0.4, -0.2) is 48.0 Å². The van der Waals surface area contributed by atoms with E-state index in [2.05, 4.69) is 0 Å². The summed E-state index contributed by atoms with van der Waals surface area (Å²) in [5, 5.41) is 0. The Kier molecular flexibility index (Phi) is 4.30. The molecule has 0 spiro atoms. The van der Waals surface area contributed by atoms with Gasteiger partial charge in [-0.05, 0) is 26.7 Å². The highest BCUT2D eigenvalue weighted by molar-refractivity contribution is 5.93. The zero-order valence-corrected chi connectivity index (χ0v) is 12.0. The average Bonchev–Trinajstić information content (AvgIpc) is 2.91. The SMILES string of the molecule is CCOC(=O)C[C@H]1CCN2C(=O)CC[C@@]12C(=O)OCC. The van der Waals surface area contributed by atoms with E-state index in [1.165, 1.54) is 0 Å². The van der Waals surface area contributed by atoms with Crippen molar-refractivity contribution in [3.63, 3.8) is 0 Å². The van der Waals surface area contributed by atoms with E-state index in [4.69, 9.17) is 9.47 Å². The van der Waals surface area contributed by atoms with E-state index in [-0.39, 0.29) is 36.8 Å². The van der Waals surface area contributed by atoms with Crippen LogP contribution in [0.5, 0.6) is 0 Å². The molecule has 2 rings (SSSR count). The Morgan fingerprint density at radius 3 is 2.65 bits per heavy atom. The number of ether oxygens (including phenoxy) is 2. The Morgan fingerprint density at radius 1 is 1.30 bits per heavy atom. The van der Waals surface area contributed by atoms with Crippen LogP contribution in [0.4, 0.5) is 0 Å². The third kappa shape index (κ3) is 2.27. The number of rotatable bonds is 5. The minimum Gasteiger partial charge on any atom is -0.466 e. The Balaban J connectivity index is 2.21. The summed E-state index contributed by atoms with van der Waals surface area (Å²) in [4.78, 5) is 37.6. The van der Waals surface area contributed by atoms with Crippen molar-refractivity contribution in [1.29, 1.82) is 0 Å². The molecule has 2 fully saturated rings. The molecule has 6 nitrogen and oxygen atoms in total. The topological polar surface area (TPSA) is 72.9 Å². The van der Waals surface area contributed by atoms with E-state index in [0.29, 0.717) is 32.4 Å². The fraction of sp³-hybridized carbons (Fsp3) is 0.786. The first-order valence-corrected chi connectivity index (χ1v) is 7.19. The molecule has 1 amide bonds. The fourth-order valence-electron chi connectivity index (χ4n) is 3.39. The lowest BCUT2D eigenvalue weighted by atomic mass is 9.81. The number of esters is 2. The molecule has 6 heteroatoms. The Morgan fingerprint density at radius 2 is 2.00 bits per heavy atom. The van der Waals surface area contributed by atoms with Crippen molar-refractivity contribution in [3.8, 4) is 0 Å². The lowest BCUT2D eigenvalue weighted by Gasteiger charge is -2.34. The number of nitrogens with zero attached hydrogens (tertiary/aromatic N) is 1. The average molecular weight is 283 g/mol. The first kappa shape index (κ1) is 14.8. The lowest BCUT2D eigenvalue weighted by Crippen LogP contribution is -2.52. The van der Waals surface area contributed by atoms with Crippen LogP contribution in [0.3, 0.4) is 0 Å². The summed E-state index contributed by atoms with van der Waals surface area (Å²) >= 11 is 0. The van der Waals surface area contributed by atoms with E-state index in [0.717, 1.165) is 0 Å². The highest BCUT2D eigenvalue weighted by Crippen LogP contribution is 2.46.